The van der Waals surface area contributed by atoms with Crippen molar-refractivity contribution in [2.45, 2.75) is 45.1 Å². The molecular weight excluding hydrogens is 270 g/mol. The number of imide groups is 1. The molecule has 3 amide bonds. The van der Waals surface area contributed by atoms with Gasteiger partial charge in [-0.3, -0.25) is 24.7 Å². The van der Waals surface area contributed by atoms with Crippen LogP contribution in [0.25, 0.3) is 0 Å². The maximum atomic E-state index is 12.3. The molecule has 2 aliphatic rings. The Morgan fingerprint density at radius 3 is 2.90 bits per heavy atom. The van der Waals surface area contributed by atoms with Crippen LogP contribution < -0.4 is 10.6 Å². The Balaban J connectivity index is 1.77. The number of aromatic nitrogens is 1. The number of carbonyl (C=O) groups excluding carboxylic acids is 3. The Bertz CT molecular complexity index is 639. The second-order valence-electron chi connectivity index (χ2n) is 5.56. The second-order valence-corrected chi connectivity index (χ2v) is 5.56. The van der Waals surface area contributed by atoms with Gasteiger partial charge in [-0.1, -0.05) is 0 Å². The number of hydrogen-bond donors (Lipinski definition) is 2. The fraction of sp³-hybridized carbons (Fsp3) is 0.467. The summed E-state index contributed by atoms with van der Waals surface area (Å²) in [7, 11) is 0. The van der Waals surface area contributed by atoms with Gasteiger partial charge in [0.05, 0.1) is 11.3 Å². The monoisotopic (exact) mass is 287 g/mol. The minimum Gasteiger partial charge on any atom is -0.340 e. The first-order valence-corrected chi connectivity index (χ1v) is 7.18. The molecular formula is C15H17N3O3. The highest BCUT2D eigenvalue weighted by Gasteiger charge is 2.29. The van der Waals surface area contributed by atoms with Crippen LogP contribution in [0.15, 0.2) is 6.07 Å². The number of carbonyl (C=O) groups is 3. The summed E-state index contributed by atoms with van der Waals surface area (Å²) in [6, 6.07) is 1.23. The van der Waals surface area contributed by atoms with Crippen molar-refractivity contribution in [3.05, 3.63) is 28.6 Å². The topological polar surface area (TPSA) is 88.2 Å². The van der Waals surface area contributed by atoms with Gasteiger partial charge in [0.25, 0.3) is 5.91 Å². The van der Waals surface area contributed by atoms with Crippen molar-refractivity contribution in [3.8, 4) is 0 Å². The fourth-order valence-electron chi connectivity index (χ4n) is 2.87. The van der Waals surface area contributed by atoms with E-state index in [-0.39, 0.29) is 18.2 Å². The van der Waals surface area contributed by atoms with E-state index in [4.69, 9.17) is 0 Å². The smallest absolute Gasteiger partial charge is 0.253 e. The number of nitrogens with one attached hydrogen (secondary N) is 2. The second kappa shape index (κ2) is 5.27. The molecule has 6 heteroatoms. The number of nitrogens with zero attached hydrogens (tertiary/aromatic N) is 1. The maximum absolute atomic E-state index is 12.3. The Morgan fingerprint density at radius 1 is 1.33 bits per heavy atom. The minimum atomic E-state index is -0.650. The molecule has 2 N–H and O–H groups in total. The van der Waals surface area contributed by atoms with E-state index < -0.39 is 11.9 Å². The number of rotatable bonds is 2. The number of pyridine rings is 1. The van der Waals surface area contributed by atoms with Crippen LogP contribution in [0.2, 0.25) is 0 Å². The number of hydrogen-bond acceptors (Lipinski definition) is 4. The summed E-state index contributed by atoms with van der Waals surface area (Å²) in [5.74, 6) is -1.03. The molecule has 1 unspecified atom stereocenters. The summed E-state index contributed by atoms with van der Waals surface area (Å²) in [5, 5.41) is 4.93. The molecule has 1 fully saturated rings. The number of aryl methyl sites for hydroxylation is 3. The van der Waals surface area contributed by atoms with E-state index >= 15 is 0 Å². The normalized spacial score (nSPS) is 20.9. The fourth-order valence-corrected chi connectivity index (χ4v) is 2.87. The highest BCUT2D eigenvalue weighted by molar-refractivity contribution is 6.04. The van der Waals surface area contributed by atoms with Gasteiger partial charge >= 0.3 is 0 Å². The first kappa shape index (κ1) is 13.7. The van der Waals surface area contributed by atoms with Crippen molar-refractivity contribution in [1.29, 1.82) is 0 Å². The molecule has 1 aromatic rings. The van der Waals surface area contributed by atoms with E-state index in [1.165, 1.54) is 0 Å². The van der Waals surface area contributed by atoms with E-state index in [0.29, 0.717) is 17.7 Å². The zero-order chi connectivity index (χ0) is 15.0. The van der Waals surface area contributed by atoms with Gasteiger partial charge in [-0.05, 0) is 44.2 Å². The van der Waals surface area contributed by atoms with Crippen LogP contribution in [0.5, 0.6) is 0 Å². The van der Waals surface area contributed by atoms with Crippen LogP contribution >= 0.6 is 0 Å². The lowest BCUT2D eigenvalue weighted by atomic mass is 10.0. The minimum absolute atomic E-state index is 0.248. The molecule has 0 bridgehead atoms. The Hall–Kier alpha value is -2.24. The predicted octanol–water partition coefficient (Wildman–Crippen LogP) is 0.414. The van der Waals surface area contributed by atoms with Crippen LogP contribution in [0.3, 0.4) is 0 Å². The lowest BCUT2D eigenvalue weighted by Gasteiger charge is -2.22. The zero-order valence-electron chi connectivity index (χ0n) is 11.9. The third-order valence-corrected chi connectivity index (χ3v) is 4.03. The zero-order valence-corrected chi connectivity index (χ0v) is 11.9. The third kappa shape index (κ3) is 2.66. The van der Waals surface area contributed by atoms with E-state index in [9.17, 15) is 14.4 Å². The molecule has 1 aliphatic carbocycles. The standard InChI is InChI=1S/C15H17N3O3/c1-8-10(7-9-3-2-4-11(9)16-8)14(20)17-12-5-6-13(19)18-15(12)21/h7,12H,2-6H2,1H3,(H,17,20)(H,18,19,21). The van der Waals surface area contributed by atoms with Crippen molar-refractivity contribution in [3.63, 3.8) is 0 Å². The Labute approximate surface area is 122 Å². The Morgan fingerprint density at radius 2 is 2.14 bits per heavy atom. The van der Waals surface area contributed by atoms with Gasteiger partial charge in [0.1, 0.15) is 6.04 Å². The van der Waals surface area contributed by atoms with Crippen molar-refractivity contribution >= 4 is 17.7 Å². The summed E-state index contributed by atoms with van der Waals surface area (Å²) in [4.78, 5) is 39.6. The lowest BCUT2D eigenvalue weighted by Crippen LogP contribution is -2.52. The van der Waals surface area contributed by atoms with Gasteiger partial charge in [-0.25, -0.2) is 0 Å². The number of fused-ring (bicyclic) bond motifs is 1. The van der Waals surface area contributed by atoms with Gasteiger partial charge in [0, 0.05) is 12.1 Å². The first-order valence-electron chi connectivity index (χ1n) is 7.18. The molecule has 0 spiro atoms. The summed E-state index contributed by atoms with van der Waals surface area (Å²) >= 11 is 0. The molecule has 6 nitrogen and oxygen atoms in total. The summed E-state index contributed by atoms with van der Waals surface area (Å²) < 4.78 is 0. The molecule has 1 atom stereocenters. The average Bonchev–Trinajstić information content (AvgIpc) is 2.88. The van der Waals surface area contributed by atoms with E-state index in [2.05, 4.69) is 15.6 Å². The largest absolute Gasteiger partial charge is 0.340 e. The van der Waals surface area contributed by atoms with Gasteiger partial charge < -0.3 is 5.32 Å². The molecule has 0 aromatic carbocycles. The molecule has 1 saturated heterocycles. The molecule has 2 heterocycles. The van der Waals surface area contributed by atoms with Crippen molar-refractivity contribution in [2.24, 2.45) is 0 Å². The van der Waals surface area contributed by atoms with Crippen LogP contribution in [-0.2, 0) is 22.4 Å². The van der Waals surface area contributed by atoms with Crippen molar-refractivity contribution in [1.82, 2.24) is 15.6 Å². The van der Waals surface area contributed by atoms with Crippen LogP contribution in [0, 0.1) is 6.92 Å². The molecule has 3 rings (SSSR count). The highest BCUT2D eigenvalue weighted by Crippen LogP contribution is 2.22. The molecule has 110 valence electrons. The average molecular weight is 287 g/mol. The highest BCUT2D eigenvalue weighted by atomic mass is 16.2. The van der Waals surface area contributed by atoms with Crippen LogP contribution in [-0.4, -0.2) is 28.7 Å². The molecule has 1 aliphatic heterocycles. The third-order valence-electron chi connectivity index (χ3n) is 4.03. The van der Waals surface area contributed by atoms with Crippen LogP contribution in [0.4, 0.5) is 0 Å². The number of amides is 3. The van der Waals surface area contributed by atoms with E-state index in [1.807, 2.05) is 6.07 Å². The molecule has 21 heavy (non-hydrogen) atoms. The van der Waals surface area contributed by atoms with Gasteiger partial charge in [0.2, 0.25) is 11.8 Å². The summed E-state index contributed by atoms with van der Waals surface area (Å²) in [6.45, 7) is 1.80. The van der Waals surface area contributed by atoms with E-state index in [0.717, 1.165) is 30.5 Å². The maximum Gasteiger partial charge on any atom is 0.253 e. The van der Waals surface area contributed by atoms with Gasteiger partial charge in [-0.15, -0.1) is 0 Å². The Kier molecular flexibility index (Phi) is 3.45. The summed E-state index contributed by atoms with van der Waals surface area (Å²) in [5.41, 5.74) is 3.39. The number of piperidine rings is 1. The van der Waals surface area contributed by atoms with Crippen LogP contribution in [0.1, 0.15) is 46.6 Å². The molecule has 1 aromatic heterocycles. The molecule has 0 radical (unpaired) electrons. The van der Waals surface area contributed by atoms with Crippen molar-refractivity contribution < 1.29 is 14.4 Å². The van der Waals surface area contributed by atoms with E-state index in [1.54, 1.807) is 6.92 Å². The SMILES string of the molecule is Cc1nc2c(cc1C(=O)NC1CCC(=O)NC1=O)CCC2. The van der Waals surface area contributed by atoms with Gasteiger partial charge in [-0.2, -0.15) is 0 Å². The lowest BCUT2D eigenvalue weighted by molar-refractivity contribution is -0.134. The predicted molar refractivity (Wildman–Crippen MR) is 74.6 cm³/mol. The summed E-state index contributed by atoms with van der Waals surface area (Å²) in [6.07, 6.45) is 3.57. The first-order chi connectivity index (χ1) is 10.0. The van der Waals surface area contributed by atoms with Crippen molar-refractivity contribution in [2.75, 3.05) is 0 Å². The molecule has 0 saturated carbocycles. The quantitative estimate of drug-likeness (QED) is 0.771. The van der Waals surface area contributed by atoms with Gasteiger partial charge in [0.15, 0.2) is 0 Å².